The minimum absolute atomic E-state index is 0.0304. The molecule has 1 saturated heterocycles. The van der Waals surface area contributed by atoms with Gasteiger partial charge in [-0.05, 0) is 36.8 Å². The van der Waals surface area contributed by atoms with Crippen LogP contribution in [-0.2, 0) is 14.4 Å². The van der Waals surface area contributed by atoms with Crippen molar-refractivity contribution >= 4 is 51.7 Å². The average molecular weight is 466 g/mol. The lowest BCUT2D eigenvalue weighted by Crippen LogP contribution is -2.28. The lowest BCUT2D eigenvalue weighted by Gasteiger charge is -2.17. The van der Waals surface area contributed by atoms with Gasteiger partial charge < -0.3 is 16.0 Å². The second-order valence-corrected chi connectivity index (χ2v) is 9.78. The van der Waals surface area contributed by atoms with Crippen LogP contribution in [0.2, 0.25) is 0 Å². The van der Waals surface area contributed by atoms with Gasteiger partial charge in [0.1, 0.15) is 5.25 Å². The Bertz CT molecular complexity index is 1110. The summed E-state index contributed by atoms with van der Waals surface area (Å²) in [5, 5.41) is 16.5. The van der Waals surface area contributed by atoms with Gasteiger partial charge in [-0.15, -0.1) is 5.10 Å². The summed E-state index contributed by atoms with van der Waals surface area (Å²) in [7, 11) is 0. The van der Waals surface area contributed by atoms with Crippen molar-refractivity contribution in [2.45, 2.75) is 39.4 Å². The second kappa shape index (κ2) is 10.4. The van der Waals surface area contributed by atoms with Crippen LogP contribution in [0.3, 0.4) is 0 Å². The van der Waals surface area contributed by atoms with Crippen LogP contribution in [0.25, 0.3) is 0 Å². The van der Waals surface area contributed by atoms with E-state index in [1.54, 1.807) is 19.1 Å². The molecule has 1 aliphatic rings. The Balaban J connectivity index is 1.61. The number of hydrogen-bond acceptors (Lipinski definition) is 6. The largest absolute Gasteiger partial charge is 0.326 e. The number of carbonyl (C=O) groups excluding carboxylic acids is 3. The molecule has 1 fully saturated rings. The smallest absolute Gasteiger partial charge is 0.240 e. The maximum Gasteiger partial charge on any atom is 0.240 e. The zero-order valence-electron chi connectivity index (χ0n) is 19.0. The number of amides is 3. The number of para-hydroxylation sites is 1. The van der Waals surface area contributed by atoms with E-state index in [1.165, 1.54) is 11.8 Å². The van der Waals surface area contributed by atoms with Crippen molar-refractivity contribution < 1.29 is 14.4 Å². The summed E-state index contributed by atoms with van der Waals surface area (Å²) in [5.41, 5.74) is 2.26. The van der Waals surface area contributed by atoms with E-state index in [-0.39, 0.29) is 24.1 Å². The fourth-order valence-corrected chi connectivity index (χ4v) is 3.72. The van der Waals surface area contributed by atoms with Crippen molar-refractivity contribution in [2.24, 2.45) is 15.6 Å². The first-order chi connectivity index (χ1) is 15.6. The number of nitrogens with one attached hydrogen (secondary N) is 3. The number of amidine groups is 1. The van der Waals surface area contributed by atoms with E-state index in [1.807, 2.05) is 63.2 Å². The maximum atomic E-state index is 12.2. The molecule has 1 heterocycles. The van der Waals surface area contributed by atoms with Crippen molar-refractivity contribution in [3.8, 4) is 0 Å². The van der Waals surface area contributed by atoms with Crippen LogP contribution in [0.4, 0.5) is 11.4 Å². The molecule has 8 nitrogen and oxygen atoms in total. The highest BCUT2D eigenvalue weighted by Gasteiger charge is 2.32. The molecular formula is C24H27N5O3S. The SMILES string of the molecule is C/C(=N\N=C1\NC(=O)C(CC(=O)Nc2ccccc2)S1)c1cccc(NC(=O)C(C)(C)C)c1. The molecule has 1 unspecified atom stereocenters. The quantitative estimate of drug-likeness (QED) is 0.442. The fraction of sp³-hybridized carbons (Fsp3) is 0.292. The topological polar surface area (TPSA) is 112 Å². The lowest BCUT2D eigenvalue weighted by atomic mass is 9.95. The Labute approximate surface area is 197 Å². The number of nitrogens with zero attached hydrogens (tertiary/aromatic N) is 2. The van der Waals surface area contributed by atoms with Crippen LogP contribution in [0, 0.1) is 5.41 Å². The summed E-state index contributed by atoms with van der Waals surface area (Å²) < 4.78 is 0. The molecule has 1 aliphatic heterocycles. The Morgan fingerprint density at radius 2 is 1.73 bits per heavy atom. The molecule has 3 amide bonds. The minimum Gasteiger partial charge on any atom is -0.326 e. The molecule has 2 aromatic rings. The zero-order valence-corrected chi connectivity index (χ0v) is 19.8. The Hall–Kier alpha value is -3.46. The van der Waals surface area contributed by atoms with Gasteiger partial charge in [0.15, 0.2) is 5.17 Å². The van der Waals surface area contributed by atoms with Gasteiger partial charge in [0.25, 0.3) is 0 Å². The van der Waals surface area contributed by atoms with Gasteiger partial charge in [0, 0.05) is 23.2 Å². The van der Waals surface area contributed by atoms with E-state index in [9.17, 15) is 14.4 Å². The lowest BCUT2D eigenvalue weighted by molar-refractivity contribution is -0.123. The number of thioether (sulfide) groups is 1. The van der Waals surface area contributed by atoms with Crippen LogP contribution in [0.5, 0.6) is 0 Å². The molecule has 0 spiro atoms. The first-order valence-corrected chi connectivity index (χ1v) is 11.4. The van der Waals surface area contributed by atoms with Gasteiger partial charge >= 0.3 is 0 Å². The summed E-state index contributed by atoms with van der Waals surface area (Å²) in [6.07, 6.45) is 0.0304. The van der Waals surface area contributed by atoms with Crippen LogP contribution < -0.4 is 16.0 Å². The third-order valence-corrected chi connectivity index (χ3v) is 5.79. The Morgan fingerprint density at radius 1 is 1.03 bits per heavy atom. The highest BCUT2D eigenvalue weighted by atomic mass is 32.2. The van der Waals surface area contributed by atoms with E-state index < -0.39 is 10.7 Å². The van der Waals surface area contributed by atoms with Crippen molar-refractivity contribution in [3.05, 3.63) is 60.2 Å². The van der Waals surface area contributed by atoms with Crippen LogP contribution >= 0.6 is 11.8 Å². The normalized spacial score (nSPS) is 17.6. The van der Waals surface area contributed by atoms with E-state index >= 15 is 0 Å². The second-order valence-electron chi connectivity index (χ2n) is 8.59. The van der Waals surface area contributed by atoms with Crippen molar-refractivity contribution in [1.82, 2.24) is 5.32 Å². The van der Waals surface area contributed by atoms with E-state index in [0.29, 0.717) is 22.3 Å². The van der Waals surface area contributed by atoms with Gasteiger partial charge in [-0.2, -0.15) is 5.10 Å². The predicted octanol–water partition coefficient (Wildman–Crippen LogP) is 4.01. The zero-order chi connectivity index (χ0) is 24.0. The van der Waals surface area contributed by atoms with Crippen LogP contribution in [0.15, 0.2) is 64.8 Å². The first kappa shape index (κ1) is 24.2. The molecule has 3 rings (SSSR count). The molecule has 0 saturated carbocycles. The van der Waals surface area contributed by atoms with E-state index in [2.05, 4.69) is 26.2 Å². The molecule has 33 heavy (non-hydrogen) atoms. The molecule has 0 bridgehead atoms. The molecule has 3 N–H and O–H groups in total. The number of carbonyl (C=O) groups is 3. The number of anilines is 2. The average Bonchev–Trinajstić information content (AvgIpc) is 3.11. The molecule has 1 atom stereocenters. The molecule has 2 aromatic carbocycles. The van der Waals surface area contributed by atoms with Gasteiger partial charge in [-0.25, -0.2) is 0 Å². The van der Waals surface area contributed by atoms with E-state index in [4.69, 9.17) is 0 Å². The fourth-order valence-electron chi connectivity index (χ4n) is 2.81. The molecule has 172 valence electrons. The summed E-state index contributed by atoms with van der Waals surface area (Å²) >= 11 is 1.17. The highest BCUT2D eigenvalue weighted by Crippen LogP contribution is 2.23. The van der Waals surface area contributed by atoms with Crippen molar-refractivity contribution in [3.63, 3.8) is 0 Å². The molecule has 0 aliphatic carbocycles. The summed E-state index contributed by atoms with van der Waals surface area (Å²) in [6, 6.07) is 16.4. The van der Waals surface area contributed by atoms with Crippen LogP contribution in [0.1, 0.15) is 39.7 Å². The standard InChI is InChI=1S/C24H27N5O3S/c1-15(16-9-8-12-18(13-16)26-22(32)24(2,3)4)28-29-23-27-21(31)19(33-23)14-20(30)25-17-10-6-5-7-11-17/h5-13,19H,14H2,1-4H3,(H,25,30)(H,26,32)(H,27,29,31)/b28-15+. The van der Waals surface area contributed by atoms with Crippen LogP contribution in [-0.4, -0.2) is 33.9 Å². The van der Waals surface area contributed by atoms with Crippen molar-refractivity contribution in [2.75, 3.05) is 10.6 Å². The van der Waals surface area contributed by atoms with E-state index in [0.717, 1.165) is 5.56 Å². The third-order valence-electron chi connectivity index (χ3n) is 4.72. The third kappa shape index (κ3) is 7.01. The molecule has 9 heteroatoms. The Morgan fingerprint density at radius 3 is 2.42 bits per heavy atom. The highest BCUT2D eigenvalue weighted by molar-refractivity contribution is 8.15. The Kier molecular flexibility index (Phi) is 7.65. The van der Waals surface area contributed by atoms with Gasteiger partial charge in [-0.1, -0.05) is 62.9 Å². The molecule has 0 radical (unpaired) electrons. The predicted molar refractivity (Wildman–Crippen MR) is 133 cm³/mol. The van der Waals surface area contributed by atoms with Crippen molar-refractivity contribution in [1.29, 1.82) is 0 Å². The number of hydrogen-bond donors (Lipinski definition) is 3. The summed E-state index contributed by atoms with van der Waals surface area (Å²) in [4.78, 5) is 36.7. The van der Waals surface area contributed by atoms with Gasteiger partial charge in [0.05, 0.1) is 5.71 Å². The minimum atomic E-state index is -0.570. The maximum absolute atomic E-state index is 12.2. The van der Waals surface area contributed by atoms with Gasteiger partial charge in [0.2, 0.25) is 17.7 Å². The first-order valence-electron chi connectivity index (χ1n) is 10.5. The number of benzene rings is 2. The molecule has 0 aromatic heterocycles. The summed E-state index contributed by atoms with van der Waals surface area (Å²) in [5.74, 6) is -0.604. The monoisotopic (exact) mass is 465 g/mol. The molecular weight excluding hydrogens is 438 g/mol. The van der Waals surface area contributed by atoms with Gasteiger partial charge in [-0.3, -0.25) is 14.4 Å². The number of rotatable bonds is 6. The summed E-state index contributed by atoms with van der Waals surface area (Å²) in [6.45, 7) is 7.34.